The van der Waals surface area contributed by atoms with E-state index in [4.69, 9.17) is 10.5 Å². The number of morpholine rings is 1. The van der Waals surface area contributed by atoms with Gasteiger partial charge in [-0.2, -0.15) is 0 Å². The summed E-state index contributed by atoms with van der Waals surface area (Å²) in [4.78, 5) is 26.4. The van der Waals surface area contributed by atoms with Gasteiger partial charge in [0.25, 0.3) is 5.91 Å². The van der Waals surface area contributed by atoms with E-state index in [-0.39, 0.29) is 24.5 Å². The first-order valence-electron chi connectivity index (χ1n) is 7.01. The number of anilines is 1. The van der Waals surface area contributed by atoms with E-state index in [0.29, 0.717) is 24.5 Å². The van der Waals surface area contributed by atoms with E-state index in [2.05, 4.69) is 5.32 Å². The number of nitrogen functional groups attached to an aromatic ring is 1. The lowest BCUT2D eigenvalue weighted by Gasteiger charge is -2.35. The van der Waals surface area contributed by atoms with Gasteiger partial charge < -0.3 is 25.3 Å². The summed E-state index contributed by atoms with van der Waals surface area (Å²) in [5.74, 6) is -0.401. The van der Waals surface area contributed by atoms with Crippen molar-refractivity contribution in [3.63, 3.8) is 0 Å². The standard InChI is InChI=1S/C14H22N4O3/c1-9(2)16-13(19)12-8-21-5-4-18(12)14(20)11-6-10(15)7-17(11)3/h6-7,9,12H,4-5,8,15H2,1-3H3,(H,16,19). The molecule has 2 amide bonds. The van der Waals surface area contributed by atoms with Crippen molar-refractivity contribution in [3.05, 3.63) is 18.0 Å². The highest BCUT2D eigenvalue weighted by molar-refractivity contribution is 5.97. The monoisotopic (exact) mass is 294 g/mol. The predicted octanol–water partition coefficient (Wildman–Crippen LogP) is -0.0271. The van der Waals surface area contributed by atoms with E-state index in [1.165, 1.54) is 0 Å². The highest BCUT2D eigenvalue weighted by Crippen LogP contribution is 2.16. The Morgan fingerprint density at radius 1 is 1.48 bits per heavy atom. The first-order valence-corrected chi connectivity index (χ1v) is 7.01. The average Bonchev–Trinajstić information content (AvgIpc) is 2.76. The summed E-state index contributed by atoms with van der Waals surface area (Å²) in [6.45, 7) is 4.79. The Labute approximate surface area is 124 Å². The number of nitrogens with one attached hydrogen (secondary N) is 1. The number of hydrogen-bond acceptors (Lipinski definition) is 4. The number of aryl methyl sites for hydroxylation is 1. The molecule has 0 aliphatic carbocycles. The van der Waals surface area contributed by atoms with Gasteiger partial charge in [0.2, 0.25) is 5.91 Å². The summed E-state index contributed by atoms with van der Waals surface area (Å²) in [6.07, 6.45) is 1.68. The molecule has 1 aromatic heterocycles. The number of rotatable bonds is 3. The number of aromatic nitrogens is 1. The van der Waals surface area contributed by atoms with E-state index >= 15 is 0 Å². The fourth-order valence-corrected chi connectivity index (χ4v) is 2.39. The lowest BCUT2D eigenvalue weighted by molar-refractivity contribution is -0.131. The molecule has 7 nitrogen and oxygen atoms in total. The zero-order chi connectivity index (χ0) is 15.6. The molecule has 0 radical (unpaired) electrons. The summed E-state index contributed by atoms with van der Waals surface area (Å²) in [7, 11) is 1.76. The van der Waals surface area contributed by atoms with Gasteiger partial charge in [-0.3, -0.25) is 9.59 Å². The third-order valence-electron chi connectivity index (χ3n) is 3.37. The second-order valence-corrected chi connectivity index (χ2v) is 5.52. The SMILES string of the molecule is CC(C)NC(=O)C1COCCN1C(=O)c1cc(N)cn1C. The summed E-state index contributed by atoms with van der Waals surface area (Å²) in [5, 5.41) is 2.82. The first kappa shape index (κ1) is 15.4. The van der Waals surface area contributed by atoms with Crippen molar-refractivity contribution in [1.29, 1.82) is 0 Å². The van der Waals surface area contributed by atoms with Gasteiger partial charge in [-0.15, -0.1) is 0 Å². The van der Waals surface area contributed by atoms with Crippen LogP contribution in [0.25, 0.3) is 0 Å². The number of carbonyl (C=O) groups excluding carboxylic acids is 2. The third kappa shape index (κ3) is 3.36. The first-order chi connectivity index (χ1) is 9.90. The van der Waals surface area contributed by atoms with Gasteiger partial charge >= 0.3 is 0 Å². The van der Waals surface area contributed by atoms with Gasteiger partial charge in [-0.1, -0.05) is 0 Å². The van der Waals surface area contributed by atoms with Crippen molar-refractivity contribution in [2.75, 3.05) is 25.5 Å². The fourth-order valence-electron chi connectivity index (χ4n) is 2.39. The normalized spacial score (nSPS) is 18.9. The van der Waals surface area contributed by atoms with E-state index < -0.39 is 6.04 Å². The molecule has 1 aromatic rings. The Morgan fingerprint density at radius 3 is 2.76 bits per heavy atom. The molecular weight excluding hydrogens is 272 g/mol. The van der Waals surface area contributed by atoms with Crippen molar-refractivity contribution in [2.45, 2.75) is 25.9 Å². The molecule has 1 aliphatic rings. The maximum absolute atomic E-state index is 12.6. The number of nitrogens with two attached hydrogens (primary N) is 1. The van der Waals surface area contributed by atoms with Crippen LogP contribution in [0.3, 0.4) is 0 Å². The van der Waals surface area contributed by atoms with Crippen LogP contribution in [0.2, 0.25) is 0 Å². The van der Waals surface area contributed by atoms with Crippen LogP contribution >= 0.6 is 0 Å². The van der Waals surface area contributed by atoms with Crippen LogP contribution in [0.15, 0.2) is 12.3 Å². The zero-order valence-electron chi connectivity index (χ0n) is 12.6. The molecule has 7 heteroatoms. The lowest BCUT2D eigenvalue weighted by atomic mass is 10.1. The minimum absolute atomic E-state index is 0.0158. The van der Waals surface area contributed by atoms with Crippen LogP contribution < -0.4 is 11.1 Å². The number of carbonyl (C=O) groups is 2. The number of nitrogens with zero attached hydrogens (tertiary/aromatic N) is 2. The second-order valence-electron chi connectivity index (χ2n) is 5.52. The molecule has 0 saturated carbocycles. The van der Waals surface area contributed by atoms with Crippen LogP contribution in [0.4, 0.5) is 5.69 Å². The van der Waals surface area contributed by atoms with E-state index in [1.807, 2.05) is 13.8 Å². The molecule has 0 bridgehead atoms. The molecular formula is C14H22N4O3. The molecule has 1 saturated heterocycles. The van der Waals surface area contributed by atoms with Gasteiger partial charge in [0, 0.05) is 25.8 Å². The van der Waals surface area contributed by atoms with Crippen molar-refractivity contribution < 1.29 is 14.3 Å². The van der Waals surface area contributed by atoms with Crippen molar-refractivity contribution in [1.82, 2.24) is 14.8 Å². The van der Waals surface area contributed by atoms with Gasteiger partial charge in [-0.05, 0) is 19.9 Å². The molecule has 0 spiro atoms. The Balaban J connectivity index is 2.20. The van der Waals surface area contributed by atoms with Crippen molar-refractivity contribution in [3.8, 4) is 0 Å². The fraction of sp³-hybridized carbons (Fsp3) is 0.571. The Morgan fingerprint density at radius 2 is 2.19 bits per heavy atom. The van der Waals surface area contributed by atoms with Gasteiger partial charge in [0.15, 0.2) is 0 Å². The summed E-state index contributed by atoms with van der Waals surface area (Å²) in [5.41, 5.74) is 6.71. The number of hydrogen-bond donors (Lipinski definition) is 2. The summed E-state index contributed by atoms with van der Waals surface area (Å²) >= 11 is 0. The van der Waals surface area contributed by atoms with Crippen LogP contribution in [-0.4, -0.2) is 53.1 Å². The number of ether oxygens (including phenoxy) is 1. The zero-order valence-corrected chi connectivity index (χ0v) is 12.6. The van der Waals surface area contributed by atoms with E-state index in [9.17, 15) is 9.59 Å². The average molecular weight is 294 g/mol. The highest BCUT2D eigenvalue weighted by atomic mass is 16.5. The summed E-state index contributed by atoms with van der Waals surface area (Å²) < 4.78 is 7.02. The van der Waals surface area contributed by atoms with E-state index in [0.717, 1.165) is 0 Å². The summed E-state index contributed by atoms with van der Waals surface area (Å²) in [6, 6.07) is 1.03. The van der Waals surface area contributed by atoms with Gasteiger partial charge in [-0.25, -0.2) is 0 Å². The second kappa shape index (κ2) is 6.17. The molecule has 1 aliphatic heterocycles. The topological polar surface area (TPSA) is 89.6 Å². The molecule has 1 unspecified atom stereocenters. The molecule has 0 aromatic carbocycles. The maximum atomic E-state index is 12.6. The molecule has 116 valence electrons. The molecule has 1 atom stereocenters. The smallest absolute Gasteiger partial charge is 0.271 e. The van der Waals surface area contributed by atoms with Crippen LogP contribution in [0.1, 0.15) is 24.3 Å². The Kier molecular flexibility index (Phi) is 4.52. The lowest BCUT2D eigenvalue weighted by Crippen LogP contribution is -2.57. The highest BCUT2D eigenvalue weighted by Gasteiger charge is 2.34. The van der Waals surface area contributed by atoms with Crippen molar-refractivity contribution >= 4 is 17.5 Å². The predicted molar refractivity (Wildman–Crippen MR) is 78.7 cm³/mol. The van der Waals surface area contributed by atoms with Crippen molar-refractivity contribution in [2.24, 2.45) is 7.05 Å². The van der Waals surface area contributed by atoms with Gasteiger partial charge in [0.1, 0.15) is 11.7 Å². The molecule has 21 heavy (non-hydrogen) atoms. The minimum Gasteiger partial charge on any atom is -0.397 e. The van der Waals surface area contributed by atoms with Gasteiger partial charge in [0.05, 0.1) is 18.9 Å². The Bertz CT molecular complexity index is 538. The largest absolute Gasteiger partial charge is 0.397 e. The molecule has 3 N–H and O–H groups in total. The molecule has 2 rings (SSSR count). The quantitative estimate of drug-likeness (QED) is 0.819. The van der Waals surface area contributed by atoms with Crippen LogP contribution in [0.5, 0.6) is 0 Å². The van der Waals surface area contributed by atoms with E-state index in [1.54, 1.807) is 28.8 Å². The molecule has 1 fully saturated rings. The molecule has 2 heterocycles. The van der Waals surface area contributed by atoms with Crippen LogP contribution in [0, 0.1) is 0 Å². The maximum Gasteiger partial charge on any atom is 0.271 e. The van der Waals surface area contributed by atoms with Crippen LogP contribution in [-0.2, 0) is 16.6 Å². The third-order valence-corrected chi connectivity index (χ3v) is 3.37. The Hall–Kier alpha value is -2.02. The minimum atomic E-state index is -0.607. The number of amides is 2.